The third kappa shape index (κ3) is 6.63. The standard InChI is InChI=1S/C24H17F6N5O4S/c1-35(2)20(39-21(37)24(28,29)30)19(36)34-22-33-18-15(4-3-5-16(18)40-22)38-17-10-14(31-11-32-17)12-6-8-13(9-7-12)23(25,26)27/h3-11,20H,1-2H3,(H,33,34,36). The molecule has 1 atom stereocenters. The highest BCUT2D eigenvalue weighted by Crippen LogP contribution is 2.35. The molecular formula is C24H17F6N5O4S. The van der Waals surface area contributed by atoms with Crippen molar-refractivity contribution >= 4 is 38.6 Å². The van der Waals surface area contributed by atoms with E-state index in [-0.39, 0.29) is 22.3 Å². The molecule has 2 aromatic heterocycles. The number of amides is 1. The second kappa shape index (κ2) is 11.1. The summed E-state index contributed by atoms with van der Waals surface area (Å²) >= 11 is 0.978. The fourth-order valence-electron chi connectivity index (χ4n) is 3.28. The zero-order chi connectivity index (χ0) is 29.2. The van der Waals surface area contributed by atoms with Crippen LogP contribution in [0.2, 0.25) is 0 Å². The van der Waals surface area contributed by atoms with E-state index in [1.807, 2.05) is 0 Å². The number of anilines is 1. The first-order valence-electron chi connectivity index (χ1n) is 11.0. The third-order valence-corrected chi connectivity index (χ3v) is 6.06. The van der Waals surface area contributed by atoms with Crippen LogP contribution in [0.4, 0.5) is 31.5 Å². The molecule has 9 nitrogen and oxygen atoms in total. The van der Waals surface area contributed by atoms with Crippen molar-refractivity contribution in [3.63, 3.8) is 0 Å². The summed E-state index contributed by atoms with van der Waals surface area (Å²) in [4.78, 5) is 37.1. The van der Waals surface area contributed by atoms with E-state index < -0.39 is 36.0 Å². The number of alkyl halides is 6. The fraction of sp³-hybridized carbons (Fsp3) is 0.208. The maximum atomic E-state index is 12.9. The van der Waals surface area contributed by atoms with Gasteiger partial charge in [-0.1, -0.05) is 29.5 Å². The Labute approximate surface area is 225 Å². The van der Waals surface area contributed by atoms with Crippen LogP contribution >= 0.6 is 11.3 Å². The highest BCUT2D eigenvalue weighted by atomic mass is 32.1. The molecule has 16 heteroatoms. The van der Waals surface area contributed by atoms with Crippen LogP contribution in [0, 0.1) is 0 Å². The van der Waals surface area contributed by atoms with Crippen molar-refractivity contribution in [2.24, 2.45) is 0 Å². The Morgan fingerprint density at radius 3 is 2.33 bits per heavy atom. The summed E-state index contributed by atoms with van der Waals surface area (Å²) in [6.07, 6.45) is -10.5. The molecule has 0 aliphatic carbocycles. The van der Waals surface area contributed by atoms with Crippen LogP contribution in [0.5, 0.6) is 11.6 Å². The van der Waals surface area contributed by atoms with Crippen molar-refractivity contribution in [2.75, 3.05) is 19.4 Å². The van der Waals surface area contributed by atoms with Crippen molar-refractivity contribution in [2.45, 2.75) is 18.6 Å². The van der Waals surface area contributed by atoms with E-state index in [0.717, 1.165) is 28.4 Å². The third-order valence-electron chi connectivity index (χ3n) is 5.12. The smallest absolute Gasteiger partial charge is 0.437 e. The number of rotatable bonds is 7. The Morgan fingerprint density at radius 2 is 1.70 bits per heavy atom. The number of halogens is 6. The molecule has 1 unspecified atom stereocenters. The molecule has 0 saturated carbocycles. The van der Waals surface area contributed by atoms with Crippen molar-refractivity contribution in [1.82, 2.24) is 19.9 Å². The summed E-state index contributed by atoms with van der Waals surface area (Å²) in [6.45, 7) is 0. The second-order valence-corrected chi connectivity index (χ2v) is 9.28. The molecule has 0 aliphatic heterocycles. The van der Waals surface area contributed by atoms with Gasteiger partial charge in [-0.25, -0.2) is 19.7 Å². The number of nitrogens with zero attached hydrogens (tertiary/aromatic N) is 4. The number of hydrogen-bond donors (Lipinski definition) is 1. The van der Waals surface area contributed by atoms with Gasteiger partial charge in [0.15, 0.2) is 10.9 Å². The Morgan fingerprint density at radius 1 is 1.00 bits per heavy atom. The van der Waals surface area contributed by atoms with Gasteiger partial charge < -0.3 is 9.47 Å². The molecule has 1 N–H and O–H groups in total. The largest absolute Gasteiger partial charge is 0.490 e. The predicted octanol–water partition coefficient (Wildman–Crippen LogP) is 5.50. The van der Waals surface area contributed by atoms with Crippen molar-refractivity contribution in [3.8, 4) is 22.9 Å². The molecule has 4 rings (SSSR count). The van der Waals surface area contributed by atoms with E-state index in [4.69, 9.17) is 4.74 Å². The Bertz CT molecular complexity index is 1540. The minimum absolute atomic E-state index is 0.0147. The number of ether oxygens (including phenoxy) is 2. The number of hydrogen-bond acceptors (Lipinski definition) is 9. The number of para-hydroxylation sites is 1. The van der Waals surface area contributed by atoms with Crippen LogP contribution in [0.1, 0.15) is 5.56 Å². The number of thiazole rings is 1. The molecule has 0 fully saturated rings. The normalized spacial score (nSPS) is 12.8. The fourth-order valence-corrected chi connectivity index (χ4v) is 4.17. The molecule has 2 heterocycles. The van der Waals surface area contributed by atoms with Gasteiger partial charge in [0.2, 0.25) is 12.1 Å². The average molecular weight is 585 g/mol. The maximum Gasteiger partial charge on any atom is 0.490 e. The van der Waals surface area contributed by atoms with Gasteiger partial charge in [-0.15, -0.1) is 0 Å². The molecular weight excluding hydrogens is 568 g/mol. The van der Waals surface area contributed by atoms with Gasteiger partial charge in [0.1, 0.15) is 11.8 Å². The summed E-state index contributed by atoms with van der Waals surface area (Å²) in [6, 6.07) is 10.6. The number of benzene rings is 2. The zero-order valence-electron chi connectivity index (χ0n) is 20.4. The Kier molecular flexibility index (Phi) is 7.93. The van der Waals surface area contributed by atoms with Crippen molar-refractivity contribution in [1.29, 1.82) is 0 Å². The first-order chi connectivity index (χ1) is 18.7. The molecule has 0 aliphatic rings. The summed E-state index contributed by atoms with van der Waals surface area (Å²) in [5, 5.41) is 2.31. The Balaban J connectivity index is 1.54. The number of carbonyl (C=O) groups is 2. The molecule has 210 valence electrons. The molecule has 40 heavy (non-hydrogen) atoms. The minimum Gasteiger partial charge on any atom is -0.437 e. The van der Waals surface area contributed by atoms with Gasteiger partial charge in [-0.3, -0.25) is 15.0 Å². The van der Waals surface area contributed by atoms with Crippen LogP contribution in [-0.4, -0.2) is 58.2 Å². The molecule has 4 aromatic rings. The number of carbonyl (C=O) groups excluding carboxylic acids is 2. The van der Waals surface area contributed by atoms with E-state index >= 15 is 0 Å². The lowest BCUT2D eigenvalue weighted by molar-refractivity contribution is -0.210. The van der Waals surface area contributed by atoms with E-state index in [0.29, 0.717) is 16.0 Å². The van der Waals surface area contributed by atoms with Gasteiger partial charge >= 0.3 is 18.3 Å². The van der Waals surface area contributed by atoms with Gasteiger partial charge in [0, 0.05) is 11.6 Å². The molecule has 2 aromatic carbocycles. The van der Waals surface area contributed by atoms with Crippen LogP contribution in [0.25, 0.3) is 21.5 Å². The monoisotopic (exact) mass is 585 g/mol. The molecule has 0 radical (unpaired) electrons. The summed E-state index contributed by atoms with van der Waals surface area (Å²) in [5.41, 5.74) is 0.139. The highest BCUT2D eigenvalue weighted by molar-refractivity contribution is 7.22. The van der Waals surface area contributed by atoms with Crippen LogP contribution in [0.3, 0.4) is 0 Å². The topological polar surface area (TPSA) is 107 Å². The first kappa shape index (κ1) is 28.7. The highest BCUT2D eigenvalue weighted by Gasteiger charge is 2.44. The lowest BCUT2D eigenvalue weighted by Gasteiger charge is -2.23. The van der Waals surface area contributed by atoms with Crippen LogP contribution in [-0.2, 0) is 20.5 Å². The lowest BCUT2D eigenvalue weighted by atomic mass is 10.1. The van der Waals surface area contributed by atoms with Gasteiger partial charge in [0.25, 0.3) is 5.91 Å². The summed E-state index contributed by atoms with van der Waals surface area (Å²) in [5.74, 6) is -3.36. The molecule has 0 bridgehead atoms. The summed E-state index contributed by atoms with van der Waals surface area (Å²) < 4.78 is 87.0. The minimum atomic E-state index is -5.29. The van der Waals surface area contributed by atoms with Gasteiger partial charge in [0.05, 0.1) is 16.0 Å². The number of esters is 1. The maximum absolute atomic E-state index is 12.9. The molecule has 0 spiro atoms. The SMILES string of the molecule is CN(C)C(OC(=O)C(F)(F)F)C(=O)Nc1nc2c(Oc3cc(-c4ccc(C(F)(F)F)cc4)ncn3)cccc2s1. The van der Waals surface area contributed by atoms with Crippen molar-refractivity contribution < 1.29 is 45.4 Å². The summed E-state index contributed by atoms with van der Waals surface area (Å²) in [7, 11) is 2.50. The van der Waals surface area contributed by atoms with Gasteiger partial charge in [-0.05, 0) is 38.4 Å². The quantitative estimate of drug-likeness (QED) is 0.172. The van der Waals surface area contributed by atoms with Crippen LogP contribution in [0.15, 0.2) is 54.9 Å². The van der Waals surface area contributed by atoms with Crippen molar-refractivity contribution in [3.05, 3.63) is 60.4 Å². The number of nitrogens with one attached hydrogen (secondary N) is 1. The second-order valence-electron chi connectivity index (χ2n) is 8.25. The number of aromatic nitrogens is 3. The number of fused-ring (bicyclic) bond motifs is 1. The van der Waals surface area contributed by atoms with Crippen LogP contribution < -0.4 is 10.1 Å². The zero-order valence-corrected chi connectivity index (χ0v) is 21.2. The molecule has 0 saturated heterocycles. The van der Waals surface area contributed by atoms with E-state index in [9.17, 15) is 35.9 Å². The van der Waals surface area contributed by atoms with E-state index in [1.54, 1.807) is 18.2 Å². The van der Waals surface area contributed by atoms with E-state index in [1.165, 1.54) is 38.6 Å². The lowest BCUT2D eigenvalue weighted by Crippen LogP contribution is -2.45. The molecule has 1 amide bonds. The van der Waals surface area contributed by atoms with Gasteiger partial charge in [-0.2, -0.15) is 26.3 Å². The first-order valence-corrected chi connectivity index (χ1v) is 11.9. The Hall–Kier alpha value is -4.31. The van der Waals surface area contributed by atoms with E-state index in [2.05, 4.69) is 25.0 Å². The predicted molar refractivity (Wildman–Crippen MR) is 130 cm³/mol. The number of likely N-dealkylation sites (N-methyl/N-ethyl adjacent to an activating group) is 1. The average Bonchev–Trinajstić information content (AvgIpc) is 3.29.